The van der Waals surface area contributed by atoms with Crippen molar-refractivity contribution in [3.8, 4) is 0 Å². The summed E-state index contributed by atoms with van der Waals surface area (Å²) in [4.78, 5) is 10.7. The van der Waals surface area contributed by atoms with Gasteiger partial charge in [-0.1, -0.05) is 30.3 Å². The fourth-order valence-electron chi connectivity index (χ4n) is 1.70. The Morgan fingerprint density at radius 1 is 1.35 bits per heavy atom. The van der Waals surface area contributed by atoms with Gasteiger partial charge in [-0.15, -0.1) is 5.10 Å². The van der Waals surface area contributed by atoms with Gasteiger partial charge >= 0.3 is 0 Å². The Morgan fingerprint density at radius 3 is 2.71 bits per heavy atom. The number of hydrogen-bond acceptors (Lipinski definition) is 5. The van der Waals surface area contributed by atoms with Gasteiger partial charge in [-0.25, -0.2) is 4.68 Å². The Bertz CT molecular complexity index is 469. The highest BCUT2D eigenvalue weighted by molar-refractivity contribution is 5.65. The lowest BCUT2D eigenvalue weighted by Crippen LogP contribution is -2.26. The number of aliphatic carboxylic acids is 1. The quantitative estimate of drug-likeness (QED) is 0.699. The Balaban J connectivity index is 2.16. The normalized spacial score (nSPS) is 12.2. The van der Waals surface area contributed by atoms with E-state index in [9.17, 15) is 9.90 Å². The van der Waals surface area contributed by atoms with Crippen LogP contribution < -0.4 is 5.11 Å². The van der Waals surface area contributed by atoms with Crippen molar-refractivity contribution < 1.29 is 9.90 Å². The Kier molecular flexibility index (Phi) is 3.44. The summed E-state index contributed by atoms with van der Waals surface area (Å²) >= 11 is 0. The number of rotatable bonds is 5. The predicted molar refractivity (Wildman–Crippen MR) is 56.6 cm³/mol. The predicted octanol–water partition coefficient (Wildman–Crippen LogP) is -0.403. The lowest BCUT2D eigenvalue weighted by molar-refractivity contribution is -0.306. The van der Waals surface area contributed by atoms with Gasteiger partial charge in [0.05, 0.1) is 6.54 Å². The summed E-state index contributed by atoms with van der Waals surface area (Å²) in [6.45, 7) is 0.422. The van der Waals surface area contributed by atoms with Crippen molar-refractivity contribution in [1.82, 2.24) is 20.2 Å². The lowest BCUT2D eigenvalue weighted by Gasteiger charge is -2.17. The van der Waals surface area contributed by atoms with Crippen LogP contribution >= 0.6 is 0 Å². The van der Waals surface area contributed by atoms with Crippen LogP contribution in [0.15, 0.2) is 36.7 Å². The molecule has 0 aliphatic rings. The molecule has 1 atom stereocenters. The molecule has 0 unspecified atom stereocenters. The molecule has 17 heavy (non-hydrogen) atoms. The fourth-order valence-corrected chi connectivity index (χ4v) is 1.70. The topological polar surface area (TPSA) is 83.7 Å². The van der Waals surface area contributed by atoms with E-state index < -0.39 is 5.97 Å². The molecule has 0 N–H and O–H groups in total. The fraction of sp³-hybridized carbons (Fsp3) is 0.273. The lowest BCUT2D eigenvalue weighted by atomic mass is 9.96. The van der Waals surface area contributed by atoms with Crippen molar-refractivity contribution >= 4 is 5.97 Å². The van der Waals surface area contributed by atoms with E-state index >= 15 is 0 Å². The number of tetrazole rings is 1. The van der Waals surface area contributed by atoms with Gasteiger partial charge < -0.3 is 9.90 Å². The standard InChI is InChI=1S/C11H12N4O2/c16-11(17)6-10(7-15-8-12-13-14-15)9-4-2-1-3-5-9/h1-5,8,10H,6-7H2,(H,16,17)/p-1/t10-/m1/s1. The molecule has 88 valence electrons. The van der Waals surface area contributed by atoms with Crippen molar-refractivity contribution in [2.45, 2.75) is 18.9 Å². The average molecular weight is 231 g/mol. The van der Waals surface area contributed by atoms with E-state index in [0.717, 1.165) is 5.56 Å². The van der Waals surface area contributed by atoms with Gasteiger partial charge in [-0.2, -0.15) is 0 Å². The molecule has 0 amide bonds. The van der Waals surface area contributed by atoms with Crippen molar-refractivity contribution in [3.05, 3.63) is 42.2 Å². The van der Waals surface area contributed by atoms with E-state index in [1.165, 1.54) is 11.0 Å². The van der Waals surface area contributed by atoms with Crippen LogP contribution in [0, 0.1) is 0 Å². The van der Waals surface area contributed by atoms with Gasteiger partial charge in [-0.05, 0) is 22.4 Å². The van der Waals surface area contributed by atoms with Crippen LogP contribution in [-0.4, -0.2) is 26.2 Å². The second-order valence-electron chi connectivity index (χ2n) is 3.72. The monoisotopic (exact) mass is 231 g/mol. The number of benzene rings is 1. The first-order chi connectivity index (χ1) is 8.25. The van der Waals surface area contributed by atoms with Crippen LogP contribution in [0.25, 0.3) is 0 Å². The maximum atomic E-state index is 10.7. The van der Waals surface area contributed by atoms with Crippen molar-refractivity contribution in [2.75, 3.05) is 0 Å². The van der Waals surface area contributed by atoms with Gasteiger partial charge in [0.15, 0.2) is 0 Å². The molecule has 1 aromatic heterocycles. The minimum atomic E-state index is -1.08. The molecule has 0 bridgehead atoms. The van der Waals surface area contributed by atoms with Gasteiger partial charge in [0.1, 0.15) is 6.33 Å². The molecule has 0 saturated carbocycles. The zero-order valence-electron chi connectivity index (χ0n) is 9.06. The van der Waals surface area contributed by atoms with Crippen LogP contribution in [0.4, 0.5) is 0 Å². The maximum absolute atomic E-state index is 10.7. The first kappa shape index (κ1) is 11.3. The highest BCUT2D eigenvalue weighted by atomic mass is 16.4. The van der Waals surface area contributed by atoms with E-state index in [1.807, 2.05) is 30.3 Å². The van der Waals surface area contributed by atoms with E-state index in [4.69, 9.17) is 0 Å². The molecular weight excluding hydrogens is 220 g/mol. The molecule has 0 aliphatic heterocycles. The highest BCUT2D eigenvalue weighted by Crippen LogP contribution is 2.20. The number of carboxylic acid groups (broad SMARTS) is 1. The van der Waals surface area contributed by atoms with E-state index in [0.29, 0.717) is 6.54 Å². The molecule has 0 fully saturated rings. The molecule has 2 aromatic rings. The molecule has 0 radical (unpaired) electrons. The molecule has 0 saturated heterocycles. The largest absolute Gasteiger partial charge is 0.550 e. The van der Waals surface area contributed by atoms with Crippen molar-refractivity contribution in [3.63, 3.8) is 0 Å². The van der Waals surface area contributed by atoms with Crippen molar-refractivity contribution in [1.29, 1.82) is 0 Å². The number of hydrogen-bond donors (Lipinski definition) is 0. The SMILES string of the molecule is O=C([O-])C[C@H](Cn1cnnn1)c1ccccc1. The van der Waals surface area contributed by atoms with Crippen molar-refractivity contribution in [2.24, 2.45) is 0 Å². The molecule has 0 spiro atoms. The van der Waals surface area contributed by atoms with Crippen LogP contribution in [0.5, 0.6) is 0 Å². The Morgan fingerprint density at radius 2 is 2.12 bits per heavy atom. The molecule has 6 nitrogen and oxygen atoms in total. The van der Waals surface area contributed by atoms with Crippen LogP contribution in [0.3, 0.4) is 0 Å². The number of carbonyl (C=O) groups excluding carboxylic acids is 1. The molecule has 0 aliphatic carbocycles. The molecule has 1 aromatic carbocycles. The minimum absolute atomic E-state index is 0.0517. The second kappa shape index (κ2) is 5.20. The smallest absolute Gasteiger partial charge is 0.138 e. The summed E-state index contributed by atoms with van der Waals surface area (Å²) in [5, 5.41) is 21.5. The van der Waals surface area contributed by atoms with Gasteiger partial charge in [0, 0.05) is 11.9 Å². The number of carboxylic acids is 1. The zero-order chi connectivity index (χ0) is 12.1. The summed E-state index contributed by atoms with van der Waals surface area (Å²) in [6.07, 6.45) is 1.41. The number of aromatic nitrogens is 4. The van der Waals surface area contributed by atoms with Crippen LogP contribution in [-0.2, 0) is 11.3 Å². The maximum Gasteiger partial charge on any atom is 0.138 e. The summed E-state index contributed by atoms with van der Waals surface area (Å²) in [5.74, 6) is -1.27. The zero-order valence-corrected chi connectivity index (χ0v) is 9.06. The van der Waals surface area contributed by atoms with E-state index in [2.05, 4.69) is 15.5 Å². The Hall–Kier alpha value is -2.24. The average Bonchev–Trinajstić information content (AvgIpc) is 2.82. The van der Waals surface area contributed by atoms with Crippen LogP contribution in [0.1, 0.15) is 17.9 Å². The van der Waals surface area contributed by atoms with E-state index in [1.54, 1.807) is 0 Å². The summed E-state index contributed by atoms with van der Waals surface area (Å²) < 4.78 is 1.51. The van der Waals surface area contributed by atoms with Gasteiger partial charge in [0.25, 0.3) is 0 Å². The third-order valence-electron chi connectivity index (χ3n) is 2.48. The third kappa shape index (κ3) is 3.10. The number of nitrogens with zero attached hydrogens (tertiary/aromatic N) is 4. The summed E-state index contributed by atoms with van der Waals surface area (Å²) in [7, 11) is 0. The van der Waals surface area contributed by atoms with E-state index in [-0.39, 0.29) is 12.3 Å². The molecule has 6 heteroatoms. The number of carbonyl (C=O) groups is 1. The third-order valence-corrected chi connectivity index (χ3v) is 2.48. The second-order valence-corrected chi connectivity index (χ2v) is 3.72. The molecular formula is C11H11N4O2-. The van der Waals surface area contributed by atoms with Gasteiger partial charge in [-0.3, -0.25) is 0 Å². The first-order valence-electron chi connectivity index (χ1n) is 5.21. The minimum Gasteiger partial charge on any atom is -0.550 e. The summed E-state index contributed by atoms with van der Waals surface area (Å²) in [5.41, 5.74) is 0.937. The molecule has 2 rings (SSSR count). The van der Waals surface area contributed by atoms with Gasteiger partial charge in [0.2, 0.25) is 0 Å². The first-order valence-corrected chi connectivity index (χ1v) is 5.21. The highest BCUT2D eigenvalue weighted by Gasteiger charge is 2.13. The summed E-state index contributed by atoms with van der Waals surface area (Å²) in [6, 6.07) is 9.40. The molecule has 1 heterocycles. The Labute approximate surface area is 97.9 Å². The van der Waals surface area contributed by atoms with Crippen LogP contribution in [0.2, 0.25) is 0 Å².